The summed E-state index contributed by atoms with van der Waals surface area (Å²) in [6, 6.07) is 0. The Balaban J connectivity index is 4.82. The van der Waals surface area contributed by atoms with Crippen LogP contribution >= 0.6 is 0 Å². The van der Waals surface area contributed by atoms with Gasteiger partial charge in [0.25, 0.3) is 0 Å². The zero-order valence-electron chi connectivity index (χ0n) is 13.0. The number of carbonyl (C=O) groups is 3. The van der Waals surface area contributed by atoms with Crippen LogP contribution in [0.2, 0.25) is 0 Å². The Morgan fingerprint density at radius 1 is 1.32 bits per heavy atom. The molecule has 0 rings (SSSR count). The molecule has 0 aliphatic heterocycles. The lowest BCUT2D eigenvalue weighted by molar-refractivity contribution is -0.145. The third-order valence-corrected chi connectivity index (χ3v) is 3.00. The van der Waals surface area contributed by atoms with E-state index in [4.69, 9.17) is 10.8 Å². The van der Waals surface area contributed by atoms with Crippen molar-refractivity contribution in [2.45, 2.75) is 32.8 Å². The van der Waals surface area contributed by atoms with Crippen LogP contribution in [-0.2, 0) is 14.4 Å². The van der Waals surface area contributed by atoms with Gasteiger partial charge in [-0.05, 0) is 18.4 Å². The van der Waals surface area contributed by atoms with Crippen molar-refractivity contribution in [2.75, 3.05) is 26.2 Å². The summed E-state index contributed by atoms with van der Waals surface area (Å²) < 4.78 is 0. The molecule has 0 spiro atoms. The first-order chi connectivity index (χ1) is 10.3. The van der Waals surface area contributed by atoms with Crippen molar-refractivity contribution in [1.29, 1.82) is 0 Å². The van der Waals surface area contributed by atoms with E-state index >= 15 is 0 Å². The number of carbonyl (C=O) groups excluding carboxylic acids is 2. The summed E-state index contributed by atoms with van der Waals surface area (Å²) in [5, 5.41) is 21.3. The number of hydrogen-bond donors (Lipinski definition) is 4. The lowest BCUT2D eigenvalue weighted by Gasteiger charge is -2.25. The number of carboxylic acid groups (broad SMARTS) is 1. The van der Waals surface area contributed by atoms with Crippen LogP contribution in [-0.4, -0.2) is 65.2 Å². The summed E-state index contributed by atoms with van der Waals surface area (Å²) in [7, 11) is 0. The first kappa shape index (κ1) is 20.1. The third kappa shape index (κ3) is 7.75. The average molecular weight is 315 g/mol. The van der Waals surface area contributed by atoms with Gasteiger partial charge in [-0.2, -0.15) is 0 Å². The van der Waals surface area contributed by atoms with Crippen molar-refractivity contribution in [3.05, 3.63) is 11.6 Å². The maximum Gasteiger partial charge on any atom is 0.323 e. The van der Waals surface area contributed by atoms with Gasteiger partial charge >= 0.3 is 5.97 Å². The number of nitrogens with one attached hydrogen (secondary N) is 1. The summed E-state index contributed by atoms with van der Waals surface area (Å²) in [5.41, 5.74) is 5.86. The number of aliphatic hydroxyl groups excluding tert-OH is 1. The Hall–Kier alpha value is -1.93. The van der Waals surface area contributed by atoms with Gasteiger partial charge in [0.05, 0.1) is 25.7 Å². The van der Waals surface area contributed by atoms with E-state index < -0.39 is 30.4 Å². The van der Waals surface area contributed by atoms with Crippen LogP contribution < -0.4 is 11.1 Å². The molecule has 0 aromatic rings. The molecule has 126 valence electrons. The maximum absolute atomic E-state index is 12.0. The topological polar surface area (TPSA) is 133 Å². The first-order valence-corrected chi connectivity index (χ1v) is 7.18. The summed E-state index contributed by atoms with van der Waals surface area (Å²) in [4.78, 5) is 34.9. The minimum absolute atomic E-state index is 0.136. The fraction of sp³-hybridized carbons (Fsp3) is 0.643. The van der Waals surface area contributed by atoms with Crippen LogP contribution in [0.3, 0.4) is 0 Å². The van der Waals surface area contributed by atoms with Gasteiger partial charge in [0.15, 0.2) is 0 Å². The first-order valence-electron chi connectivity index (χ1n) is 7.18. The summed E-state index contributed by atoms with van der Waals surface area (Å²) in [6.45, 7) is 2.50. The summed E-state index contributed by atoms with van der Waals surface area (Å²) >= 11 is 0. The highest BCUT2D eigenvalue weighted by atomic mass is 16.4. The minimum atomic E-state index is -1.19. The van der Waals surface area contributed by atoms with Gasteiger partial charge in [0.2, 0.25) is 11.8 Å². The molecule has 22 heavy (non-hydrogen) atoms. The van der Waals surface area contributed by atoms with Gasteiger partial charge in [0.1, 0.15) is 6.54 Å². The number of amides is 2. The largest absolute Gasteiger partial charge is 0.480 e. The van der Waals surface area contributed by atoms with E-state index in [9.17, 15) is 19.5 Å². The van der Waals surface area contributed by atoms with Gasteiger partial charge in [0, 0.05) is 0 Å². The number of carboxylic acids is 1. The van der Waals surface area contributed by atoms with Crippen LogP contribution in [0, 0.1) is 0 Å². The van der Waals surface area contributed by atoms with E-state index in [1.807, 2.05) is 19.9 Å². The molecule has 1 unspecified atom stereocenters. The number of nitrogens with zero attached hydrogens (tertiary/aromatic N) is 1. The highest BCUT2D eigenvalue weighted by Crippen LogP contribution is 2.10. The van der Waals surface area contributed by atoms with E-state index in [2.05, 4.69) is 5.32 Å². The molecule has 0 fully saturated rings. The van der Waals surface area contributed by atoms with Gasteiger partial charge in [-0.15, -0.1) is 0 Å². The molecule has 0 aliphatic carbocycles. The Bertz CT molecular complexity index is 423. The predicted molar refractivity (Wildman–Crippen MR) is 81.0 cm³/mol. The molecule has 0 aliphatic rings. The van der Waals surface area contributed by atoms with Crippen molar-refractivity contribution in [2.24, 2.45) is 5.73 Å². The minimum Gasteiger partial charge on any atom is -0.480 e. The molecular weight excluding hydrogens is 290 g/mol. The number of aliphatic carboxylic acids is 1. The molecule has 2 amide bonds. The smallest absolute Gasteiger partial charge is 0.323 e. The van der Waals surface area contributed by atoms with Crippen molar-refractivity contribution in [3.8, 4) is 0 Å². The molecule has 8 nitrogen and oxygen atoms in total. The number of allylic oxidation sites excluding steroid dienone is 1. The normalized spacial score (nSPS) is 12.6. The monoisotopic (exact) mass is 315 g/mol. The molecule has 1 atom stereocenters. The standard InChI is InChI=1S/C14H25N3O5/c1-3-5-10(4-2)11(18)8-17(9-14(21)22)13(20)7-16-12(19)6-15/h5,11,18H,3-4,6-9,15H2,1-2H3,(H,16,19)(H,21,22). The fourth-order valence-corrected chi connectivity index (χ4v) is 1.88. The SMILES string of the molecule is CCC=C(CC)C(O)CN(CC(=O)O)C(=O)CNC(=O)CN. The van der Waals surface area contributed by atoms with Crippen LogP contribution in [0.15, 0.2) is 11.6 Å². The molecule has 8 heteroatoms. The van der Waals surface area contributed by atoms with E-state index in [1.54, 1.807) is 0 Å². The van der Waals surface area contributed by atoms with Crippen molar-refractivity contribution < 1.29 is 24.6 Å². The lowest BCUT2D eigenvalue weighted by Crippen LogP contribution is -2.46. The lowest BCUT2D eigenvalue weighted by atomic mass is 10.1. The second kappa shape index (κ2) is 10.7. The second-order valence-corrected chi connectivity index (χ2v) is 4.71. The van der Waals surface area contributed by atoms with E-state index in [0.717, 1.165) is 16.9 Å². The quantitative estimate of drug-likeness (QED) is 0.385. The molecular formula is C14H25N3O5. The molecule has 0 aromatic heterocycles. The molecule has 0 heterocycles. The Morgan fingerprint density at radius 2 is 1.95 bits per heavy atom. The van der Waals surface area contributed by atoms with Crippen LogP contribution in [0.1, 0.15) is 26.7 Å². The number of rotatable bonds is 10. The van der Waals surface area contributed by atoms with Crippen molar-refractivity contribution in [3.63, 3.8) is 0 Å². The molecule has 5 N–H and O–H groups in total. The Morgan fingerprint density at radius 3 is 2.41 bits per heavy atom. The molecule has 0 saturated carbocycles. The maximum atomic E-state index is 12.0. The zero-order valence-corrected chi connectivity index (χ0v) is 13.0. The summed E-state index contributed by atoms with van der Waals surface area (Å²) in [6.07, 6.45) is 2.26. The third-order valence-electron chi connectivity index (χ3n) is 3.00. The average Bonchev–Trinajstić information content (AvgIpc) is 2.48. The predicted octanol–water partition coefficient (Wildman–Crippen LogP) is -0.918. The van der Waals surface area contributed by atoms with Gasteiger partial charge < -0.3 is 26.2 Å². The van der Waals surface area contributed by atoms with Crippen LogP contribution in [0.25, 0.3) is 0 Å². The number of hydrogen-bond acceptors (Lipinski definition) is 5. The van der Waals surface area contributed by atoms with Crippen LogP contribution in [0.5, 0.6) is 0 Å². The Labute approximate surface area is 130 Å². The van der Waals surface area contributed by atoms with Crippen molar-refractivity contribution in [1.82, 2.24) is 10.2 Å². The highest BCUT2D eigenvalue weighted by Gasteiger charge is 2.21. The van der Waals surface area contributed by atoms with Gasteiger partial charge in [-0.25, -0.2) is 0 Å². The van der Waals surface area contributed by atoms with E-state index in [1.165, 1.54) is 0 Å². The number of nitrogens with two attached hydrogens (primary N) is 1. The molecule has 0 saturated heterocycles. The fourth-order valence-electron chi connectivity index (χ4n) is 1.88. The molecule has 0 aromatic carbocycles. The second-order valence-electron chi connectivity index (χ2n) is 4.71. The van der Waals surface area contributed by atoms with E-state index in [0.29, 0.717) is 6.42 Å². The molecule has 0 radical (unpaired) electrons. The van der Waals surface area contributed by atoms with Crippen LogP contribution in [0.4, 0.5) is 0 Å². The van der Waals surface area contributed by atoms with Crippen molar-refractivity contribution >= 4 is 17.8 Å². The molecule has 0 bridgehead atoms. The van der Waals surface area contributed by atoms with Gasteiger partial charge in [-0.1, -0.05) is 19.9 Å². The number of aliphatic hydroxyl groups is 1. The zero-order chi connectivity index (χ0) is 17.1. The van der Waals surface area contributed by atoms with E-state index in [-0.39, 0.29) is 19.6 Å². The van der Waals surface area contributed by atoms with Gasteiger partial charge in [-0.3, -0.25) is 14.4 Å². The highest BCUT2D eigenvalue weighted by molar-refractivity contribution is 5.87. The summed E-state index contributed by atoms with van der Waals surface area (Å²) in [5.74, 6) is -2.29. The Kier molecular flexibility index (Phi) is 9.80.